The van der Waals surface area contributed by atoms with Crippen LogP contribution in [0.15, 0.2) is 46.9 Å². The Kier molecular flexibility index (Phi) is 6.54. The number of carbonyl (C=O) groups is 1. The molecule has 0 atom stereocenters. The minimum absolute atomic E-state index is 0.246. The van der Waals surface area contributed by atoms with Crippen molar-refractivity contribution in [3.8, 4) is 0 Å². The van der Waals surface area contributed by atoms with Crippen LogP contribution in [0.25, 0.3) is 0 Å². The van der Waals surface area contributed by atoms with Crippen molar-refractivity contribution < 1.29 is 18.0 Å². The lowest BCUT2D eigenvalue weighted by atomic mass is 10.1. The molecule has 1 amide bonds. The number of amides is 1. The SMILES string of the molecule is O=C(CCCCc1cccs1)NN=Cc1cccc(C(F)(F)F)c1. The standard InChI is InChI=1S/C17H17F3N2OS/c18-17(19,20)14-6-3-5-13(11-14)12-21-22-16(23)9-2-1-7-15-8-4-10-24-15/h3-6,8,10-12H,1-2,7,9H2,(H,22,23). The number of nitrogens with zero attached hydrogens (tertiary/aromatic N) is 1. The summed E-state index contributed by atoms with van der Waals surface area (Å²) < 4.78 is 37.7. The highest BCUT2D eigenvalue weighted by atomic mass is 32.1. The van der Waals surface area contributed by atoms with Crippen LogP contribution >= 0.6 is 11.3 Å². The maximum Gasteiger partial charge on any atom is 0.416 e. The fourth-order valence-corrected chi connectivity index (χ4v) is 2.82. The molecule has 0 saturated carbocycles. The lowest BCUT2D eigenvalue weighted by Crippen LogP contribution is -2.17. The Morgan fingerprint density at radius 3 is 2.75 bits per heavy atom. The van der Waals surface area contributed by atoms with Crippen LogP contribution in [0.5, 0.6) is 0 Å². The molecule has 0 fully saturated rings. The van der Waals surface area contributed by atoms with Crippen LogP contribution in [0.1, 0.15) is 35.3 Å². The minimum atomic E-state index is -4.39. The van der Waals surface area contributed by atoms with Gasteiger partial charge < -0.3 is 0 Å². The van der Waals surface area contributed by atoms with E-state index in [2.05, 4.69) is 16.6 Å². The van der Waals surface area contributed by atoms with Gasteiger partial charge in [0.1, 0.15) is 0 Å². The van der Waals surface area contributed by atoms with Gasteiger partial charge in [0.25, 0.3) is 0 Å². The van der Waals surface area contributed by atoms with Gasteiger partial charge in [0, 0.05) is 11.3 Å². The average Bonchev–Trinajstić information content (AvgIpc) is 3.04. The van der Waals surface area contributed by atoms with E-state index in [1.165, 1.54) is 23.2 Å². The first-order valence-corrected chi connectivity index (χ1v) is 8.34. The molecule has 0 aliphatic rings. The van der Waals surface area contributed by atoms with E-state index in [1.54, 1.807) is 11.3 Å². The van der Waals surface area contributed by atoms with Crippen molar-refractivity contribution in [2.75, 3.05) is 0 Å². The number of halogens is 3. The van der Waals surface area contributed by atoms with Crippen molar-refractivity contribution in [3.63, 3.8) is 0 Å². The quantitative estimate of drug-likeness (QED) is 0.440. The fraction of sp³-hybridized carbons (Fsp3) is 0.294. The first kappa shape index (κ1) is 18.2. The van der Waals surface area contributed by atoms with Crippen LogP contribution in [0.3, 0.4) is 0 Å². The molecule has 0 aliphatic carbocycles. The highest BCUT2D eigenvalue weighted by molar-refractivity contribution is 7.09. The predicted octanol–water partition coefficient (Wildman–Crippen LogP) is 4.63. The molecule has 1 aromatic carbocycles. The zero-order valence-corrected chi connectivity index (χ0v) is 13.7. The second kappa shape index (κ2) is 8.63. The van der Waals surface area contributed by atoms with E-state index >= 15 is 0 Å². The Morgan fingerprint density at radius 1 is 1.21 bits per heavy atom. The Balaban J connectivity index is 1.72. The van der Waals surface area contributed by atoms with Gasteiger partial charge in [-0.1, -0.05) is 18.2 Å². The molecule has 2 rings (SSSR count). The number of hydrogen-bond acceptors (Lipinski definition) is 3. The molecule has 1 heterocycles. The monoisotopic (exact) mass is 354 g/mol. The third kappa shape index (κ3) is 6.16. The number of benzene rings is 1. The molecular formula is C17H17F3N2OS. The molecule has 0 aliphatic heterocycles. The van der Waals surface area contributed by atoms with Crippen LogP contribution in [0, 0.1) is 0 Å². The number of hydrogen-bond donors (Lipinski definition) is 1. The molecule has 7 heteroatoms. The Labute approximate surface area is 142 Å². The fourth-order valence-electron chi connectivity index (χ4n) is 2.07. The van der Waals surface area contributed by atoms with Crippen molar-refractivity contribution in [2.45, 2.75) is 31.9 Å². The lowest BCUT2D eigenvalue weighted by molar-refractivity contribution is -0.137. The van der Waals surface area contributed by atoms with Crippen LogP contribution in [0.4, 0.5) is 13.2 Å². The Bertz CT molecular complexity index is 681. The highest BCUT2D eigenvalue weighted by Crippen LogP contribution is 2.29. The van der Waals surface area contributed by atoms with Crippen molar-refractivity contribution >= 4 is 23.5 Å². The summed E-state index contributed by atoms with van der Waals surface area (Å²) in [5.41, 5.74) is 1.87. The molecule has 1 N–H and O–H groups in total. The molecule has 0 unspecified atom stereocenters. The third-order valence-corrected chi connectivity index (χ3v) is 4.21. The van der Waals surface area contributed by atoms with E-state index < -0.39 is 11.7 Å². The second-order valence-electron chi connectivity index (χ2n) is 5.20. The van der Waals surface area contributed by atoms with Gasteiger partial charge >= 0.3 is 6.18 Å². The largest absolute Gasteiger partial charge is 0.416 e. The van der Waals surface area contributed by atoms with Gasteiger partial charge in [0.05, 0.1) is 11.8 Å². The third-order valence-electron chi connectivity index (χ3n) is 3.27. The number of thiophene rings is 1. The molecule has 24 heavy (non-hydrogen) atoms. The summed E-state index contributed by atoms with van der Waals surface area (Å²) in [5.74, 6) is -0.246. The van der Waals surface area contributed by atoms with Crippen LogP contribution in [-0.2, 0) is 17.4 Å². The summed E-state index contributed by atoms with van der Waals surface area (Å²) in [7, 11) is 0. The second-order valence-corrected chi connectivity index (χ2v) is 6.24. The number of aryl methyl sites for hydroxylation is 1. The van der Waals surface area contributed by atoms with Crippen LogP contribution in [0.2, 0.25) is 0 Å². The first-order chi connectivity index (χ1) is 11.4. The summed E-state index contributed by atoms with van der Waals surface area (Å²) in [6.45, 7) is 0. The van der Waals surface area contributed by atoms with E-state index in [4.69, 9.17) is 0 Å². The summed E-state index contributed by atoms with van der Waals surface area (Å²) in [6.07, 6.45) is -0.258. The average molecular weight is 354 g/mol. The van der Waals surface area contributed by atoms with Gasteiger partial charge in [-0.15, -0.1) is 11.3 Å². The van der Waals surface area contributed by atoms with Gasteiger partial charge in [-0.2, -0.15) is 18.3 Å². The molecular weight excluding hydrogens is 337 g/mol. The smallest absolute Gasteiger partial charge is 0.273 e. The maximum atomic E-state index is 12.6. The molecule has 2 aromatic rings. The van der Waals surface area contributed by atoms with Crippen LogP contribution < -0.4 is 5.43 Å². The predicted molar refractivity (Wildman–Crippen MR) is 89.1 cm³/mol. The van der Waals surface area contributed by atoms with Crippen molar-refractivity contribution in [1.82, 2.24) is 5.43 Å². The topological polar surface area (TPSA) is 41.5 Å². The summed E-state index contributed by atoms with van der Waals surface area (Å²) in [4.78, 5) is 12.9. The first-order valence-electron chi connectivity index (χ1n) is 7.47. The zero-order valence-electron chi connectivity index (χ0n) is 12.8. The molecule has 0 bridgehead atoms. The minimum Gasteiger partial charge on any atom is -0.273 e. The number of hydrazone groups is 1. The van der Waals surface area contributed by atoms with Crippen LogP contribution in [-0.4, -0.2) is 12.1 Å². The van der Waals surface area contributed by atoms with Gasteiger partial charge in [-0.25, -0.2) is 5.43 Å². The summed E-state index contributed by atoms with van der Waals surface area (Å²) >= 11 is 1.69. The van der Waals surface area contributed by atoms with Gasteiger partial charge in [0.2, 0.25) is 5.91 Å². The summed E-state index contributed by atoms with van der Waals surface area (Å²) in [6, 6.07) is 8.82. The Hall–Kier alpha value is -2.15. The molecule has 0 radical (unpaired) electrons. The van der Waals surface area contributed by atoms with Crippen molar-refractivity contribution in [2.24, 2.45) is 5.10 Å². The number of carbonyl (C=O) groups excluding carboxylic acids is 1. The van der Waals surface area contributed by atoms with Crippen molar-refractivity contribution in [3.05, 3.63) is 57.8 Å². The molecule has 3 nitrogen and oxygen atoms in total. The van der Waals surface area contributed by atoms with E-state index in [9.17, 15) is 18.0 Å². The molecule has 0 spiro atoms. The summed E-state index contributed by atoms with van der Waals surface area (Å²) in [5, 5.41) is 5.72. The number of nitrogens with one attached hydrogen (secondary N) is 1. The maximum absolute atomic E-state index is 12.6. The van der Waals surface area contributed by atoms with Gasteiger partial charge in [-0.3, -0.25) is 4.79 Å². The number of rotatable bonds is 7. The highest BCUT2D eigenvalue weighted by Gasteiger charge is 2.30. The number of alkyl halides is 3. The van der Waals surface area contributed by atoms with Gasteiger partial charge in [0.15, 0.2) is 0 Å². The Morgan fingerprint density at radius 2 is 2.04 bits per heavy atom. The lowest BCUT2D eigenvalue weighted by Gasteiger charge is -2.06. The van der Waals surface area contributed by atoms with E-state index in [1.807, 2.05) is 11.4 Å². The molecule has 0 saturated heterocycles. The van der Waals surface area contributed by atoms with E-state index in [0.29, 0.717) is 6.42 Å². The molecule has 128 valence electrons. The van der Waals surface area contributed by atoms with Gasteiger partial charge in [-0.05, 0) is 48.4 Å². The normalized spacial score (nSPS) is 11.8. The van der Waals surface area contributed by atoms with E-state index in [-0.39, 0.29) is 11.5 Å². The molecule has 1 aromatic heterocycles. The van der Waals surface area contributed by atoms with E-state index in [0.717, 1.165) is 31.4 Å². The van der Waals surface area contributed by atoms with Crippen molar-refractivity contribution in [1.29, 1.82) is 0 Å². The zero-order chi connectivity index (χ0) is 17.4. The number of unbranched alkanes of at least 4 members (excludes halogenated alkanes) is 1.